The zero-order chi connectivity index (χ0) is 49.3. The van der Waals surface area contributed by atoms with Crippen LogP contribution in [-0.2, 0) is 14.3 Å². The normalized spacial score (nSPS) is 12.6. The van der Waals surface area contributed by atoms with Crippen molar-refractivity contribution in [3.63, 3.8) is 0 Å². The SMILES string of the molecule is CCCCCCCCCCCCCCCCC/C=C/C(O)C(CO)NC(=O)CCCCCCCCCCCCCCCCCCCCCCOC(=O)CCCCCCCCCCCCCCCC. The van der Waals surface area contributed by atoms with Crippen LogP contribution in [0.5, 0.6) is 0 Å². The predicted octanol–water partition coefficient (Wildman–Crippen LogP) is 19.2. The topological polar surface area (TPSA) is 95.9 Å². The van der Waals surface area contributed by atoms with Crippen LogP contribution in [0.1, 0.15) is 348 Å². The van der Waals surface area contributed by atoms with E-state index < -0.39 is 12.1 Å². The second kappa shape index (κ2) is 58.2. The van der Waals surface area contributed by atoms with Crippen LogP contribution >= 0.6 is 0 Å². The maximum Gasteiger partial charge on any atom is 0.305 e. The molecule has 0 aromatic heterocycles. The van der Waals surface area contributed by atoms with Crippen LogP contribution < -0.4 is 5.32 Å². The average Bonchev–Trinajstić information content (AvgIpc) is 3.34. The Hall–Kier alpha value is -1.40. The summed E-state index contributed by atoms with van der Waals surface area (Å²) in [5.74, 6) is -0.0540. The molecule has 0 saturated heterocycles. The maximum atomic E-state index is 12.5. The van der Waals surface area contributed by atoms with E-state index in [0.717, 1.165) is 38.5 Å². The van der Waals surface area contributed by atoms with E-state index in [2.05, 4.69) is 19.2 Å². The van der Waals surface area contributed by atoms with Gasteiger partial charge in [0.05, 0.1) is 25.4 Å². The molecule has 2 unspecified atom stereocenters. The molecule has 0 fully saturated rings. The summed E-state index contributed by atoms with van der Waals surface area (Å²) in [5, 5.41) is 23.2. The second-order valence-electron chi connectivity index (χ2n) is 21.4. The molecule has 0 aliphatic carbocycles. The smallest absolute Gasteiger partial charge is 0.305 e. The van der Waals surface area contributed by atoms with Crippen molar-refractivity contribution in [3.05, 3.63) is 12.2 Å². The summed E-state index contributed by atoms with van der Waals surface area (Å²) in [6.07, 6.45) is 69.6. The lowest BCUT2D eigenvalue weighted by Crippen LogP contribution is -2.45. The number of hydrogen-bond donors (Lipinski definition) is 3. The Labute approximate surface area is 425 Å². The van der Waals surface area contributed by atoms with Crippen molar-refractivity contribution in [2.45, 2.75) is 360 Å². The van der Waals surface area contributed by atoms with E-state index in [0.29, 0.717) is 19.4 Å². The van der Waals surface area contributed by atoms with E-state index in [9.17, 15) is 19.8 Å². The van der Waals surface area contributed by atoms with Crippen molar-refractivity contribution in [3.8, 4) is 0 Å². The highest BCUT2D eigenvalue weighted by Gasteiger charge is 2.18. The molecule has 404 valence electrons. The number of carbonyl (C=O) groups excluding carboxylic acids is 2. The van der Waals surface area contributed by atoms with E-state index in [1.807, 2.05) is 6.08 Å². The first-order valence-electron chi connectivity index (χ1n) is 31.0. The zero-order valence-electron chi connectivity index (χ0n) is 46.1. The van der Waals surface area contributed by atoms with Crippen molar-refractivity contribution >= 4 is 11.9 Å². The highest BCUT2D eigenvalue weighted by molar-refractivity contribution is 5.76. The fourth-order valence-corrected chi connectivity index (χ4v) is 9.81. The number of allylic oxidation sites excluding steroid dienone is 1. The largest absolute Gasteiger partial charge is 0.466 e. The second-order valence-corrected chi connectivity index (χ2v) is 21.4. The van der Waals surface area contributed by atoms with Gasteiger partial charge in [0.15, 0.2) is 0 Å². The Balaban J connectivity index is 3.41. The number of unbranched alkanes of at least 4 members (excludes halogenated alkanes) is 47. The number of aliphatic hydroxyl groups excluding tert-OH is 2. The van der Waals surface area contributed by atoms with E-state index in [-0.39, 0.29) is 18.5 Å². The van der Waals surface area contributed by atoms with Crippen molar-refractivity contribution in [1.29, 1.82) is 0 Å². The number of rotatable bonds is 58. The third-order valence-electron chi connectivity index (χ3n) is 14.6. The molecule has 0 saturated carbocycles. The molecule has 0 aliphatic rings. The minimum absolute atomic E-state index is 0.0129. The predicted molar refractivity (Wildman–Crippen MR) is 297 cm³/mol. The Bertz CT molecular complexity index is 1020. The van der Waals surface area contributed by atoms with Crippen LogP contribution in [0.4, 0.5) is 0 Å². The standard InChI is InChI=1S/C62H121NO5/c1-3-5-7-9-11-13-15-17-19-24-27-30-34-38-42-46-50-54-60(65)59(58-64)63-61(66)55-51-47-43-39-35-31-28-25-22-20-21-23-26-29-33-37-41-45-49-53-57-68-62(67)56-52-48-44-40-36-32-18-16-14-12-10-8-6-4-2/h50,54,59-60,64-65H,3-49,51-53,55-58H2,1-2H3,(H,63,66)/b54-50+. The Kier molecular flexibility index (Phi) is 57.0. The third-order valence-corrected chi connectivity index (χ3v) is 14.6. The number of amides is 1. The molecule has 0 aromatic carbocycles. The van der Waals surface area contributed by atoms with Gasteiger partial charge in [-0.25, -0.2) is 0 Å². The maximum absolute atomic E-state index is 12.5. The molecular formula is C62H121NO5. The first kappa shape index (κ1) is 66.6. The van der Waals surface area contributed by atoms with Gasteiger partial charge in [0, 0.05) is 12.8 Å². The first-order valence-corrected chi connectivity index (χ1v) is 31.0. The quantitative estimate of drug-likeness (QED) is 0.0321. The summed E-state index contributed by atoms with van der Waals surface area (Å²) in [6, 6.07) is -0.628. The molecule has 0 aromatic rings. The highest BCUT2D eigenvalue weighted by Crippen LogP contribution is 2.18. The number of aliphatic hydroxyl groups is 2. The van der Waals surface area contributed by atoms with Crippen molar-refractivity contribution < 1.29 is 24.5 Å². The summed E-state index contributed by atoms with van der Waals surface area (Å²) in [6.45, 7) is 4.93. The van der Waals surface area contributed by atoms with Gasteiger partial charge >= 0.3 is 5.97 Å². The number of nitrogens with one attached hydrogen (secondary N) is 1. The van der Waals surface area contributed by atoms with Gasteiger partial charge in [-0.1, -0.05) is 315 Å². The highest BCUT2D eigenvalue weighted by atomic mass is 16.5. The molecule has 6 heteroatoms. The molecule has 6 nitrogen and oxygen atoms in total. The summed E-state index contributed by atoms with van der Waals surface area (Å²) in [4.78, 5) is 24.5. The van der Waals surface area contributed by atoms with Gasteiger partial charge in [-0.15, -0.1) is 0 Å². The molecular weight excluding hydrogens is 839 g/mol. The van der Waals surface area contributed by atoms with E-state index in [1.165, 1.54) is 283 Å². The average molecular weight is 961 g/mol. The Morgan fingerprint density at radius 2 is 0.676 bits per heavy atom. The molecule has 0 spiro atoms. The van der Waals surface area contributed by atoms with Crippen LogP contribution in [0.15, 0.2) is 12.2 Å². The monoisotopic (exact) mass is 960 g/mol. The van der Waals surface area contributed by atoms with E-state index in [1.54, 1.807) is 6.08 Å². The van der Waals surface area contributed by atoms with Crippen molar-refractivity contribution in [2.75, 3.05) is 13.2 Å². The summed E-state index contributed by atoms with van der Waals surface area (Å²) in [5.41, 5.74) is 0. The molecule has 0 aliphatic heterocycles. The van der Waals surface area contributed by atoms with Gasteiger partial charge in [-0.3, -0.25) is 9.59 Å². The summed E-state index contributed by atoms with van der Waals surface area (Å²) in [7, 11) is 0. The minimum Gasteiger partial charge on any atom is -0.466 e. The van der Waals surface area contributed by atoms with Crippen LogP contribution in [0, 0.1) is 0 Å². The van der Waals surface area contributed by atoms with Crippen molar-refractivity contribution in [1.82, 2.24) is 5.32 Å². The lowest BCUT2D eigenvalue weighted by Gasteiger charge is -2.20. The van der Waals surface area contributed by atoms with E-state index >= 15 is 0 Å². The molecule has 2 atom stereocenters. The van der Waals surface area contributed by atoms with Gasteiger partial charge in [-0.05, 0) is 32.1 Å². The fourth-order valence-electron chi connectivity index (χ4n) is 9.81. The van der Waals surface area contributed by atoms with Crippen molar-refractivity contribution in [2.24, 2.45) is 0 Å². The number of hydrogen-bond acceptors (Lipinski definition) is 5. The zero-order valence-corrected chi connectivity index (χ0v) is 46.1. The molecule has 0 heterocycles. The lowest BCUT2D eigenvalue weighted by atomic mass is 10.0. The van der Waals surface area contributed by atoms with Gasteiger partial charge in [-0.2, -0.15) is 0 Å². The summed E-state index contributed by atoms with van der Waals surface area (Å²) >= 11 is 0. The van der Waals surface area contributed by atoms with Gasteiger partial charge in [0.25, 0.3) is 0 Å². The third kappa shape index (κ3) is 53.9. The molecule has 0 bridgehead atoms. The van der Waals surface area contributed by atoms with Crippen LogP contribution in [0.25, 0.3) is 0 Å². The van der Waals surface area contributed by atoms with E-state index in [4.69, 9.17) is 4.74 Å². The van der Waals surface area contributed by atoms with Crippen LogP contribution in [0.3, 0.4) is 0 Å². The Morgan fingerprint density at radius 1 is 0.397 bits per heavy atom. The molecule has 1 amide bonds. The Morgan fingerprint density at radius 3 is 1.00 bits per heavy atom. The lowest BCUT2D eigenvalue weighted by molar-refractivity contribution is -0.143. The number of esters is 1. The fraction of sp³-hybridized carbons (Fsp3) is 0.935. The van der Waals surface area contributed by atoms with Gasteiger partial charge in [0.2, 0.25) is 5.91 Å². The van der Waals surface area contributed by atoms with Crippen LogP contribution in [0.2, 0.25) is 0 Å². The minimum atomic E-state index is -0.845. The first-order chi connectivity index (χ1) is 33.5. The molecule has 0 radical (unpaired) electrons. The molecule has 3 N–H and O–H groups in total. The van der Waals surface area contributed by atoms with Gasteiger partial charge in [0.1, 0.15) is 0 Å². The van der Waals surface area contributed by atoms with Gasteiger partial charge < -0.3 is 20.3 Å². The molecule has 0 rings (SSSR count). The number of carbonyl (C=O) groups is 2. The molecule has 68 heavy (non-hydrogen) atoms. The number of ether oxygens (including phenoxy) is 1. The summed E-state index contributed by atoms with van der Waals surface area (Å²) < 4.78 is 5.48. The van der Waals surface area contributed by atoms with Crippen LogP contribution in [-0.4, -0.2) is 47.4 Å².